The molecule has 0 spiro atoms. The third-order valence-corrected chi connectivity index (χ3v) is 7.57. The minimum atomic E-state index is -3.10. The SMILES string of the molecule is CC(C)(C)C1CCC(CN)(C2(O)CCS(=O)(=O)C2)CC1. The van der Waals surface area contributed by atoms with E-state index < -0.39 is 20.9 Å². The Kier molecular flexibility index (Phi) is 4.03. The molecule has 1 aliphatic carbocycles. The van der Waals surface area contributed by atoms with Crippen LogP contribution in [0.2, 0.25) is 0 Å². The summed E-state index contributed by atoms with van der Waals surface area (Å²) in [6, 6.07) is 0. The number of nitrogens with two attached hydrogens (primary N) is 1. The molecule has 1 unspecified atom stereocenters. The predicted octanol–water partition coefficient (Wildman–Crippen LogP) is 1.72. The number of rotatable bonds is 2. The summed E-state index contributed by atoms with van der Waals surface area (Å²) in [7, 11) is -3.10. The smallest absolute Gasteiger partial charge is 0.153 e. The van der Waals surface area contributed by atoms with Crippen molar-refractivity contribution in [3.63, 3.8) is 0 Å². The van der Waals surface area contributed by atoms with Crippen LogP contribution in [0.25, 0.3) is 0 Å². The van der Waals surface area contributed by atoms with Gasteiger partial charge in [0.05, 0.1) is 17.1 Å². The molecule has 3 N–H and O–H groups in total. The summed E-state index contributed by atoms with van der Waals surface area (Å²) in [6.45, 7) is 7.14. The number of hydrogen-bond donors (Lipinski definition) is 2. The highest BCUT2D eigenvalue weighted by atomic mass is 32.2. The third kappa shape index (κ3) is 2.77. The molecule has 1 atom stereocenters. The maximum Gasteiger partial charge on any atom is 0.153 e. The molecular weight excluding hydrogens is 274 g/mol. The first-order chi connectivity index (χ1) is 9.04. The molecule has 0 radical (unpaired) electrons. The first kappa shape index (κ1) is 16.2. The average molecular weight is 303 g/mol. The van der Waals surface area contributed by atoms with E-state index in [1.165, 1.54) is 0 Å². The van der Waals surface area contributed by atoms with Crippen LogP contribution in [0.3, 0.4) is 0 Å². The molecule has 0 aromatic carbocycles. The summed E-state index contributed by atoms with van der Waals surface area (Å²) < 4.78 is 23.5. The van der Waals surface area contributed by atoms with Crippen molar-refractivity contribution in [2.24, 2.45) is 22.5 Å². The second kappa shape index (κ2) is 4.96. The van der Waals surface area contributed by atoms with Gasteiger partial charge in [0.1, 0.15) is 0 Å². The van der Waals surface area contributed by atoms with Crippen LogP contribution in [0, 0.1) is 16.7 Å². The van der Waals surface area contributed by atoms with E-state index in [0.29, 0.717) is 18.9 Å². The molecular formula is C15H29NO3S. The van der Waals surface area contributed by atoms with Crippen molar-refractivity contribution in [2.75, 3.05) is 18.1 Å². The standard InChI is InChI=1S/C15H29NO3S/c1-13(2,3)12-4-6-14(10-16,7-5-12)15(17)8-9-20(18,19)11-15/h12,17H,4-11,16H2,1-3H3. The van der Waals surface area contributed by atoms with Crippen LogP contribution in [0.15, 0.2) is 0 Å². The zero-order valence-corrected chi connectivity index (χ0v) is 13.8. The van der Waals surface area contributed by atoms with Crippen LogP contribution >= 0.6 is 0 Å². The monoisotopic (exact) mass is 303 g/mol. The van der Waals surface area contributed by atoms with E-state index in [9.17, 15) is 13.5 Å². The first-order valence-corrected chi connectivity index (χ1v) is 9.49. The van der Waals surface area contributed by atoms with Crippen LogP contribution in [-0.2, 0) is 9.84 Å². The summed E-state index contributed by atoms with van der Waals surface area (Å²) in [5.41, 5.74) is 4.75. The fourth-order valence-electron chi connectivity index (χ4n) is 4.15. The molecule has 0 aromatic heterocycles. The van der Waals surface area contributed by atoms with Gasteiger partial charge in [0.2, 0.25) is 0 Å². The van der Waals surface area contributed by atoms with Crippen molar-refractivity contribution < 1.29 is 13.5 Å². The van der Waals surface area contributed by atoms with Gasteiger partial charge in [0, 0.05) is 12.0 Å². The molecule has 0 bridgehead atoms. The lowest BCUT2D eigenvalue weighted by atomic mass is 9.58. The molecule has 5 heteroatoms. The number of sulfone groups is 1. The maximum atomic E-state index is 11.8. The fourth-order valence-corrected chi connectivity index (χ4v) is 6.12. The molecule has 1 aliphatic heterocycles. The zero-order valence-electron chi connectivity index (χ0n) is 13.0. The molecule has 0 amide bonds. The van der Waals surface area contributed by atoms with Crippen molar-refractivity contribution >= 4 is 9.84 Å². The van der Waals surface area contributed by atoms with E-state index in [-0.39, 0.29) is 16.9 Å². The van der Waals surface area contributed by atoms with E-state index in [1.807, 2.05) is 0 Å². The van der Waals surface area contributed by atoms with E-state index >= 15 is 0 Å². The first-order valence-electron chi connectivity index (χ1n) is 7.67. The van der Waals surface area contributed by atoms with Gasteiger partial charge in [-0.3, -0.25) is 0 Å². The third-order valence-electron chi connectivity index (χ3n) is 5.83. The molecule has 2 fully saturated rings. The fraction of sp³-hybridized carbons (Fsp3) is 1.00. The van der Waals surface area contributed by atoms with Gasteiger partial charge < -0.3 is 10.8 Å². The largest absolute Gasteiger partial charge is 0.388 e. The molecule has 4 nitrogen and oxygen atoms in total. The molecule has 20 heavy (non-hydrogen) atoms. The van der Waals surface area contributed by atoms with Crippen molar-refractivity contribution in [3.05, 3.63) is 0 Å². The molecule has 1 heterocycles. The van der Waals surface area contributed by atoms with E-state index in [4.69, 9.17) is 5.73 Å². The minimum Gasteiger partial charge on any atom is -0.388 e. The van der Waals surface area contributed by atoms with Gasteiger partial charge in [-0.2, -0.15) is 0 Å². The second-order valence-electron chi connectivity index (χ2n) is 8.00. The maximum absolute atomic E-state index is 11.8. The number of hydrogen-bond acceptors (Lipinski definition) is 4. The Morgan fingerprint density at radius 2 is 1.75 bits per heavy atom. The summed E-state index contributed by atoms with van der Waals surface area (Å²) >= 11 is 0. The Morgan fingerprint density at radius 3 is 2.10 bits per heavy atom. The summed E-state index contributed by atoms with van der Waals surface area (Å²) in [5.74, 6) is 0.634. The Morgan fingerprint density at radius 1 is 1.20 bits per heavy atom. The van der Waals surface area contributed by atoms with Crippen molar-refractivity contribution in [2.45, 2.75) is 58.5 Å². The van der Waals surface area contributed by atoms with Gasteiger partial charge >= 0.3 is 0 Å². The van der Waals surface area contributed by atoms with Crippen LogP contribution in [0.1, 0.15) is 52.9 Å². The van der Waals surface area contributed by atoms with Crippen molar-refractivity contribution in [1.29, 1.82) is 0 Å². The topological polar surface area (TPSA) is 80.4 Å². The summed E-state index contributed by atoms with van der Waals surface area (Å²) in [5, 5.41) is 10.9. The van der Waals surface area contributed by atoms with E-state index in [1.54, 1.807) is 0 Å². The normalized spacial score (nSPS) is 41.8. The van der Waals surface area contributed by atoms with Crippen molar-refractivity contribution in [3.8, 4) is 0 Å². The van der Waals surface area contributed by atoms with Gasteiger partial charge in [0.15, 0.2) is 9.84 Å². The average Bonchev–Trinajstić information content (AvgIpc) is 2.64. The molecule has 2 aliphatic rings. The molecule has 0 aromatic rings. The Balaban J connectivity index is 2.18. The van der Waals surface area contributed by atoms with Gasteiger partial charge in [-0.15, -0.1) is 0 Å². The Hall–Kier alpha value is -0.130. The lowest BCUT2D eigenvalue weighted by Gasteiger charge is -2.50. The predicted molar refractivity (Wildman–Crippen MR) is 81.1 cm³/mol. The summed E-state index contributed by atoms with van der Waals surface area (Å²) in [4.78, 5) is 0. The molecule has 2 rings (SSSR count). The lowest BCUT2D eigenvalue weighted by molar-refractivity contribution is -0.0924. The lowest BCUT2D eigenvalue weighted by Crippen LogP contribution is -2.55. The van der Waals surface area contributed by atoms with E-state index in [2.05, 4.69) is 20.8 Å². The number of aliphatic hydroxyl groups is 1. The van der Waals surface area contributed by atoms with Crippen molar-refractivity contribution in [1.82, 2.24) is 0 Å². The quantitative estimate of drug-likeness (QED) is 0.814. The zero-order chi connectivity index (χ0) is 15.2. The minimum absolute atomic E-state index is 0.0998. The van der Waals surface area contributed by atoms with Crippen LogP contribution in [0.5, 0.6) is 0 Å². The highest BCUT2D eigenvalue weighted by molar-refractivity contribution is 7.91. The highest BCUT2D eigenvalue weighted by Gasteiger charge is 2.56. The molecule has 1 saturated heterocycles. The van der Waals surface area contributed by atoms with Gasteiger partial charge in [0.25, 0.3) is 0 Å². The van der Waals surface area contributed by atoms with Gasteiger partial charge in [-0.25, -0.2) is 8.42 Å². The van der Waals surface area contributed by atoms with E-state index in [0.717, 1.165) is 25.7 Å². The Bertz CT molecular complexity index is 458. The molecule has 1 saturated carbocycles. The Labute approximate surface area is 123 Å². The van der Waals surface area contributed by atoms with Crippen LogP contribution in [0.4, 0.5) is 0 Å². The van der Waals surface area contributed by atoms with Gasteiger partial charge in [-0.05, 0) is 43.4 Å². The second-order valence-corrected chi connectivity index (χ2v) is 10.2. The highest BCUT2D eigenvalue weighted by Crippen LogP contribution is 2.52. The summed E-state index contributed by atoms with van der Waals surface area (Å²) in [6.07, 6.45) is 4.10. The van der Waals surface area contributed by atoms with Crippen LogP contribution in [-0.4, -0.2) is 37.2 Å². The molecule has 118 valence electrons. The van der Waals surface area contributed by atoms with Gasteiger partial charge in [-0.1, -0.05) is 20.8 Å². The van der Waals surface area contributed by atoms with Crippen LogP contribution < -0.4 is 5.73 Å².